The average Bonchev–Trinajstić information content (AvgIpc) is 2.51. The number of hydrogen-bond acceptors (Lipinski definition) is 3. The van der Waals surface area contributed by atoms with Gasteiger partial charge in [0.15, 0.2) is 11.5 Å². The fourth-order valence-corrected chi connectivity index (χ4v) is 2.20. The first kappa shape index (κ1) is 15.4. The lowest BCUT2D eigenvalue weighted by molar-refractivity contribution is 0.377. The lowest BCUT2D eigenvalue weighted by Gasteiger charge is -2.14. The predicted molar refractivity (Wildman–Crippen MR) is 86.4 cm³/mol. The summed E-state index contributed by atoms with van der Waals surface area (Å²) in [5.41, 5.74) is 3.54. The largest absolute Gasteiger partial charge is 0.493 e. The van der Waals surface area contributed by atoms with Crippen molar-refractivity contribution >= 4 is 0 Å². The van der Waals surface area contributed by atoms with E-state index in [0.29, 0.717) is 0 Å². The zero-order chi connectivity index (χ0) is 15.2. The first-order valence-electron chi connectivity index (χ1n) is 7.26. The fraction of sp³-hybridized carbons (Fsp3) is 0.333. The highest BCUT2D eigenvalue weighted by Gasteiger charge is 2.09. The molecule has 0 aliphatic heterocycles. The van der Waals surface area contributed by atoms with E-state index in [9.17, 15) is 0 Å². The van der Waals surface area contributed by atoms with E-state index in [2.05, 4.69) is 36.5 Å². The van der Waals surface area contributed by atoms with Crippen LogP contribution in [0.1, 0.15) is 23.6 Å². The van der Waals surface area contributed by atoms with E-state index in [0.717, 1.165) is 35.8 Å². The molecule has 0 aliphatic rings. The van der Waals surface area contributed by atoms with E-state index in [4.69, 9.17) is 9.47 Å². The fourth-order valence-electron chi connectivity index (χ4n) is 2.20. The second-order valence-corrected chi connectivity index (χ2v) is 5.07. The number of rotatable bonds is 6. The Hall–Kier alpha value is -2.00. The van der Waals surface area contributed by atoms with Gasteiger partial charge in [0.2, 0.25) is 0 Å². The SMILES string of the molecule is CCc1ccc(Oc2cc(CNC)ccc2C)c(OC)c1. The van der Waals surface area contributed by atoms with E-state index in [1.54, 1.807) is 7.11 Å². The Kier molecular flexibility index (Phi) is 5.23. The van der Waals surface area contributed by atoms with E-state index < -0.39 is 0 Å². The van der Waals surface area contributed by atoms with Gasteiger partial charge in [-0.15, -0.1) is 0 Å². The van der Waals surface area contributed by atoms with Gasteiger partial charge in [0.05, 0.1) is 7.11 Å². The minimum atomic E-state index is 0.749. The highest BCUT2D eigenvalue weighted by molar-refractivity contribution is 5.47. The van der Waals surface area contributed by atoms with Crippen LogP contribution in [0.15, 0.2) is 36.4 Å². The molecule has 21 heavy (non-hydrogen) atoms. The third kappa shape index (κ3) is 3.76. The molecule has 2 rings (SSSR count). The molecule has 0 aliphatic carbocycles. The number of hydrogen-bond donors (Lipinski definition) is 1. The molecule has 0 atom stereocenters. The molecule has 3 nitrogen and oxygen atoms in total. The number of benzene rings is 2. The molecule has 0 saturated heterocycles. The van der Waals surface area contributed by atoms with Crippen molar-refractivity contribution in [1.82, 2.24) is 5.32 Å². The first-order valence-corrected chi connectivity index (χ1v) is 7.26. The summed E-state index contributed by atoms with van der Waals surface area (Å²) in [4.78, 5) is 0. The molecule has 0 saturated carbocycles. The Labute approximate surface area is 126 Å². The van der Waals surface area contributed by atoms with Gasteiger partial charge in [-0.1, -0.05) is 25.1 Å². The standard InChI is InChI=1S/C18H23NO2/c1-5-14-8-9-16(18(10-14)20-4)21-17-11-15(12-19-3)7-6-13(17)2/h6-11,19H,5,12H2,1-4H3. The van der Waals surface area contributed by atoms with Crippen molar-refractivity contribution in [2.75, 3.05) is 14.2 Å². The Balaban J connectivity index is 2.31. The minimum Gasteiger partial charge on any atom is -0.493 e. The summed E-state index contributed by atoms with van der Waals surface area (Å²) >= 11 is 0. The van der Waals surface area contributed by atoms with Gasteiger partial charge in [-0.05, 0) is 55.3 Å². The number of aryl methyl sites for hydroxylation is 2. The van der Waals surface area contributed by atoms with Crippen molar-refractivity contribution in [3.05, 3.63) is 53.1 Å². The van der Waals surface area contributed by atoms with Crippen molar-refractivity contribution in [2.24, 2.45) is 0 Å². The molecule has 0 spiro atoms. The third-order valence-electron chi connectivity index (χ3n) is 3.49. The zero-order valence-electron chi connectivity index (χ0n) is 13.2. The van der Waals surface area contributed by atoms with Gasteiger partial charge < -0.3 is 14.8 Å². The molecular formula is C18H23NO2. The Morgan fingerprint density at radius 3 is 2.33 bits per heavy atom. The molecule has 0 heterocycles. The topological polar surface area (TPSA) is 30.5 Å². The van der Waals surface area contributed by atoms with Crippen LogP contribution < -0.4 is 14.8 Å². The van der Waals surface area contributed by atoms with Crippen molar-refractivity contribution in [3.8, 4) is 17.2 Å². The van der Waals surface area contributed by atoms with Gasteiger partial charge >= 0.3 is 0 Å². The highest BCUT2D eigenvalue weighted by Crippen LogP contribution is 2.34. The van der Waals surface area contributed by atoms with E-state index in [1.165, 1.54) is 11.1 Å². The lowest BCUT2D eigenvalue weighted by Crippen LogP contribution is -2.05. The van der Waals surface area contributed by atoms with E-state index in [-0.39, 0.29) is 0 Å². The maximum atomic E-state index is 6.06. The lowest BCUT2D eigenvalue weighted by atomic mass is 10.1. The number of methoxy groups -OCH3 is 1. The van der Waals surface area contributed by atoms with Gasteiger partial charge in [-0.2, -0.15) is 0 Å². The summed E-state index contributed by atoms with van der Waals surface area (Å²) in [6.07, 6.45) is 0.979. The molecule has 0 amide bonds. The van der Waals surface area contributed by atoms with Crippen LogP contribution in [-0.4, -0.2) is 14.2 Å². The molecule has 0 radical (unpaired) electrons. The summed E-state index contributed by atoms with van der Waals surface area (Å²) < 4.78 is 11.5. The quantitative estimate of drug-likeness (QED) is 0.867. The summed E-state index contributed by atoms with van der Waals surface area (Å²) in [7, 11) is 3.61. The van der Waals surface area contributed by atoms with Crippen LogP contribution in [0.5, 0.6) is 17.2 Å². The third-order valence-corrected chi connectivity index (χ3v) is 3.49. The number of ether oxygens (including phenoxy) is 2. The van der Waals surface area contributed by atoms with Crippen molar-refractivity contribution in [1.29, 1.82) is 0 Å². The van der Waals surface area contributed by atoms with Crippen LogP contribution >= 0.6 is 0 Å². The number of nitrogens with one attached hydrogen (secondary N) is 1. The van der Waals surface area contributed by atoms with Gasteiger partial charge in [-0.3, -0.25) is 0 Å². The maximum Gasteiger partial charge on any atom is 0.169 e. The Morgan fingerprint density at radius 2 is 1.67 bits per heavy atom. The van der Waals surface area contributed by atoms with Crippen molar-refractivity contribution in [3.63, 3.8) is 0 Å². The van der Waals surface area contributed by atoms with Gasteiger partial charge in [0.1, 0.15) is 5.75 Å². The van der Waals surface area contributed by atoms with Crippen LogP contribution in [0.25, 0.3) is 0 Å². The summed E-state index contributed by atoms with van der Waals surface area (Å²) in [5.74, 6) is 2.39. The van der Waals surface area contributed by atoms with Crippen molar-refractivity contribution < 1.29 is 9.47 Å². The van der Waals surface area contributed by atoms with Crippen LogP contribution in [0.3, 0.4) is 0 Å². The Morgan fingerprint density at radius 1 is 0.952 bits per heavy atom. The molecule has 2 aromatic rings. The Bertz CT molecular complexity index is 608. The van der Waals surface area contributed by atoms with E-state index >= 15 is 0 Å². The molecule has 0 aromatic heterocycles. The summed E-state index contributed by atoms with van der Waals surface area (Å²) in [5, 5.41) is 3.15. The first-order chi connectivity index (χ1) is 10.2. The normalized spacial score (nSPS) is 10.5. The molecule has 1 N–H and O–H groups in total. The zero-order valence-corrected chi connectivity index (χ0v) is 13.2. The molecule has 112 valence electrons. The summed E-state index contributed by atoms with van der Waals surface area (Å²) in [6.45, 7) is 4.99. The molecule has 0 bridgehead atoms. The van der Waals surface area contributed by atoms with Gasteiger partial charge in [0, 0.05) is 6.54 Å². The van der Waals surface area contributed by atoms with Crippen LogP contribution in [0.2, 0.25) is 0 Å². The maximum absolute atomic E-state index is 6.06. The molecule has 0 fully saturated rings. The second-order valence-electron chi connectivity index (χ2n) is 5.07. The molecule has 3 heteroatoms. The monoisotopic (exact) mass is 285 g/mol. The molecule has 2 aromatic carbocycles. The van der Waals surface area contributed by atoms with Crippen LogP contribution in [0.4, 0.5) is 0 Å². The van der Waals surface area contributed by atoms with E-state index in [1.807, 2.05) is 26.1 Å². The van der Waals surface area contributed by atoms with Gasteiger partial charge in [0.25, 0.3) is 0 Å². The van der Waals surface area contributed by atoms with Crippen LogP contribution in [0, 0.1) is 6.92 Å². The predicted octanol–water partition coefficient (Wildman–Crippen LogP) is 4.08. The minimum absolute atomic E-state index is 0.749. The average molecular weight is 285 g/mol. The second kappa shape index (κ2) is 7.14. The highest BCUT2D eigenvalue weighted by atomic mass is 16.5. The van der Waals surface area contributed by atoms with Crippen LogP contribution in [-0.2, 0) is 13.0 Å². The van der Waals surface area contributed by atoms with Gasteiger partial charge in [-0.25, -0.2) is 0 Å². The molecular weight excluding hydrogens is 262 g/mol. The summed E-state index contributed by atoms with van der Waals surface area (Å²) in [6, 6.07) is 12.3. The van der Waals surface area contributed by atoms with Crippen molar-refractivity contribution in [2.45, 2.75) is 26.8 Å². The smallest absolute Gasteiger partial charge is 0.169 e. The molecule has 0 unspecified atom stereocenters.